The normalized spacial score (nSPS) is 10.5. The molecule has 0 N–H and O–H groups in total. The molecule has 1 aromatic heterocycles. The standard InChI is InChI=1S/C8H4F2N2/c9-6-1-2-7-5(8(6)10)3-4-11-12-7/h1-4H. The maximum absolute atomic E-state index is 13.0. The Labute approximate surface area is 66.9 Å². The van der Waals surface area contributed by atoms with Gasteiger partial charge in [0.1, 0.15) is 0 Å². The van der Waals surface area contributed by atoms with Gasteiger partial charge in [-0.05, 0) is 18.2 Å². The number of aromatic nitrogens is 2. The van der Waals surface area contributed by atoms with E-state index in [1.165, 1.54) is 18.3 Å². The van der Waals surface area contributed by atoms with Crippen LogP contribution in [0.5, 0.6) is 0 Å². The number of nitrogens with zero attached hydrogens (tertiary/aromatic N) is 2. The van der Waals surface area contributed by atoms with E-state index < -0.39 is 11.6 Å². The van der Waals surface area contributed by atoms with E-state index in [1.54, 1.807) is 0 Å². The molecule has 2 aromatic rings. The van der Waals surface area contributed by atoms with Crippen LogP contribution in [0.4, 0.5) is 8.78 Å². The van der Waals surface area contributed by atoms with Crippen molar-refractivity contribution in [2.24, 2.45) is 0 Å². The van der Waals surface area contributed by atoms with E-state index in [4.69, 9.17) is 0 Å². The average molecular weight is 166 g/mol. The molecule has 4 heteroatoms. The minimum absolute atomic E-state index is 0.157. The topological polar surface area (TPSA) is 25.8 Å². The molecule has 0 amide bonds. The van der Waals surface area contributed by atoms with Crippen LogP contribution in [-0.4, -0.2) is 10.2 Å². The predicted molar refractivity (Wildman–Crippen MR) is 39.5 cm³/mol. The molecule has 2 rings (SSSR count). The first-order chi connectivity index (χ1) is 5.79. The van der Waals surface area contributed by atoms with Gasteiger partial charge < -0.3 is 0 Å². The highest BCUT2D eigenvalue weighted by molar-refractivity contribution is 5.78. The zero-order chi connectivity index (χ0) is 8.55. The minimum atomic E-state index is -0.873. The quantitative estimate of drug-likeness (QED) is 0.597. The average Bonchev–Trinajstić information content (AvgIpc) is 2.12. The fourth-order valence-electron chi connectivity index (χ4n) is 1.01. The number of hydrogen-bond donors (Lipinski definition) is 0. The van der Waals surface area contributed by atoms with Crippen molar-refractivity contribution in [2.75, 3.05) is 0 Å². The summed E-state index contributed by atoms with van der Waals surface area (Å²) in [7, 11) is 0. The van der Waals surface area contributed by atoms with E-state index in [0.717, 1.165) is 6.07 Å². The monoisotopic (exact) mass is 166 g/mol. The van der Waals surface area contributed by atoms with Crippen molar-refractivity contribution >= 4 is 10.9 Å². The summed E-state index contributed by atoms with van der Waals surface area (Å²) in [5.41, 5.74) is 0.358. The van der Waals surface area contributed by atoms with Crippen LogP contribution in [0.3, 0.4) is 0 Å². The lowest BCUT2D eigenvalue weighted by Gasteiger charge is -1.96. The summed E-state index contributed by atoms with van der Waals surface area (Å²) in [6.45, 7) is 0. The number of rotatable bonds is 0. The fraction of sp³-hybridized carbons (Fsp3) is 0. The Kier molecular flexibility index (Phi) is 1.46. The van der Waals surface area contributed by atoms with E-state index in [2.05, 4.69) is 10.2 Å². The van der Waals surface area contributed by atoms with E-state index in [1.807, 2.05) is 0 Å². The minimum Gasteiger partial charge on any atom is -0.204 e. The van der Waals surface area contributed by atoms with Crippen molar-refractivity contribution in [3.05, 3.63) is 36.0 Å². The number of hydrogen-bond acceptors (Lipinski definition) is 2. The maximum atomic E-state index is 13.0. The molecule has 12 heavy (non-hydrogen) atoms. The lowest BCUT2D eigenvalue weighted by Crippen LogP contribution is -1.89. The zero-order valence-corrected chi connectivity index (χ0v) is 5.96. The van der Waals surface area contributed by atoms with Crippen molar-refractivity contribution in [3.8, 4) is 0 Å². The summed E-state index contributed by atoms with van der Waals surface area (Å²) in [5.74, 6) is -1.74. The highest BCUT2D eigenvalue weighted by Gasteiger charge is 2.06. The maximum Gasteiger partial charge on any atom is 0.168 e. The fourth-order valence-corrected chi connectivity index (χ4v) is 1.01. The second-order valence-electron chi connectivity index (χ2n) is 2.33. The van der Waals surface area contributed by atoms with Crippen molar-refractivity contribution in [1.82, 2.24) is 10.2 Å². The molecule has 2 nitrogen and oxygen atoms in total. The largest absolute Gasteiger partial charge is 0.204 e. The Morgan fingerprint density at radius 1 is 1.08 bits per heavy atom. The highest BCUT2D eigenvalue weighted by atomic mass is 19.2. The van der Waals surface area contributed by atoms with E-state index in [9.17, 15) is 8.78 Å². The van der Waals surface area contributed by atoms with Gasteiger partial charge in [0.05, 0.1) is 11.7 Å². The Morgan fingerprint density at radius 2 is 1.92 bits per heavy atom. The lowest BCUT2D eigenvalue weighted by molar-refractivity contribution is 0.516. The Hall–Kier alpha value is -1.58. The third-order valence-electron chi connectivity index (χ3n) is 1.58. The van der Waals surface area contributed by atoms with Gasteiger partial charge >= 0.3 is 0 Å². The first-order valence-electron chi connectivity index (χ1n) is 3.34. The molecular weight excluding hydrogens is 162 g/mol. The number of benzene rings is 1. The third-order valence-corrected chi connectivity index (χ3v) is 1.58. The molecule has 1 heterocycles. The van der Waals surface area contributed by atoms with Gasteiger partial charge in [0, 0.05) is 5.39 Å². The highest BCUT2D eigenvalue weighted by Crippen LogP contribution is 2.16. The summed E-state index contributed by atoms with van der Waals surface area (Å²) in [6.07, 6.45) is 1.32. The third kappa shape index (κ3) is 0.922. The van der Waals surface area contributed by atoms with Crippen LogP contribution in [-0.2, 0) is 0 Å². The smallest absolute Gasteiger partial charge is 0.168 e. The lowest BCUT2D eigenvalue weighted by atomic mass is 10.2. The molecule has 60 valence electrons. The zero-order valence-electron chi connectivity index (χ0n) is 5.96. The van der Waals surface area contributed by atoms with E-state index in [-0.39, 0.29) is 5.39 Å². The van der Waals surface area contributed by atoms with Gasteiger partial charge in [-0.15, -0.1) is 0 Å². The van der Waals surface area contributed by atoms with Gasteiger partial charge in [-0.1, -0.05) is 0 Å². The van der Waals surface area contributed by atoms with Crippen molar-refractivity contribution in [2.45, 2.75) is 0 Å². The van der Waals surface area contributed by atoms with Gasteiger partial charge in [0.15, 0.2) is 11.6 Å². The SMILES string of the molecule is Fc1ccc2nnccc2c1F. The molecule has 0 aliphatic heterocycles. The first-order valence-corrected chi connectivity index (χ1v) is 3.34. The Morgan fingerprint density at radius 3 is 2.75 bits per heavy atom. The van der Waals surface area contributed by atoms with E-state index in [0.29, 0.717) is 5.52 Å². The molecule has 0 aliphatic carbocycles. The van der Waals surface area contributed by atoms with Crippen LogP contribution in [0.25, 0.3) is 10.9 Å². The van der Waals surface area contributed by atoms with Crippen LogP contribution in [0.1, 0.15) is 0 Å². The van der Waals surface area contributed by atoms with Crippen LogP contribution < -0.4 is 0 Å². The van der Waals surface area contributed by atoms with Gasteiger partial charge in [0.25, 0.3) is 0 Å². The van der Waals surface area contributed by atoms with Crippen LogP contribution in [0.15, 0.2) is 24.4 Å². The molecule has 0 spiro atoms. The number of fused-ring (bicyclic) bond motifs is 1. The predicted octanol–water partition coefficient (Wildman–Crippen LogP) is 1.91. The molecule has 0 saturated carbocycles. The van der Waals surface area contributed by atoms with Gasteiger partial charge in [-0.2, -0.15) is 10.2 Å². The summed E-state index contributed by atoms with van der Waals surface area (Å²) in [4.78, 5) is 0. The molecule has 1 aromatic carbocycles. The second kappa shape index (κ2) is 2.48. The molecule has 0 aliphatic rings. The van der Waals surface area contributed by atoms with Crippen molar-refractivity contribution < 1.29 is 8.78 Å². The van der Waals surface area contributed by atoms with Crippen molar-refractivity contribution in [3.63, 3.8) is 0 Å². The molecule has 0 radical (unpaired) electrons. The Bertz CT molecular complexity index is 428. The molecule has 0 fully saturated rings. The van der Waals surface area contributed by atoms with Gasteiger partial charge in [-0.25, -0.2) is 8.78 Å². The second-order valence-corrected chi connectivity index (χ2v) is 2.33. The number of halogens is 2. The molecule has 0 saturated heterocycles. The van der Waals surface area contributed by atoms with Crippen LogP contribution in [0, 0.1) is 11.6 Å². The van der Waals surface area contributed by atoms with Crippen LogP contribution >= 0.6 is 0 Å². The summed E-state index contributed by atoms with van der Waals surface area (Å²) in [5, 5.41) is 7.33. The van der Waals surface area contributed by atoms with Crippen molar-refractivity contribution in [1.29, 1.82) is 0 Å². The first kappa shape index (κ1) is 7.09. The molecular formula is C8H4F2N2. The summed E-state index contributed by atoms with van der Waals surface area (Å²) < 4.78 is 25.6. The molecule has 0 atom stereocenters. The van der Waals surface area contributed by atoms with Crippen LogP contribution in [0.2, 0.25) is 0 Å². The summed E-state index contributed by atoms with van der Waals surface area (Å²) >= 11 is 0. The molecule has 0 bridgehead atoms. The summed E-state index contributed by atoms with van der Waals surface area (Å²) in [6, 6.07) is 3.81. The Balaban J connectivity index is 2.91. The molecule has 0 unspecified atom stereocenters. The van der Waals surface area contributed by atoms with Gasteiger partial charge in [0.2, 0.25) is 0 Å². The van der Waals surface area contributed by atoms with E-state index >= 15 is 0 Å². The van der Waals surface area contributed by atoms with Gasteiger partial charge in [-0.3, -0.25) is 0 Å².